The van der Waals surface area contributed by atoms with Crippen LogP contribution in [0.5, 0.6) is 0 Å². The monoisotopic (exact) mass is 499 g/mol. The van der Waals surface area contributed by atoms with Crippen LogP contribution in [0.3, 0.4) is 0 Å². The zero-order valence-corrected chi connectivity index (χ0v) is 20.6. The topological polar surface area (TPSA) is 0 Å². The van der Waals surface area contributed by atoms with Gasteiger partial charge in [0.05, 0.1) is 0 Å². The molecule has 2 unspecified atom stereocenters. The van der Waals surface area contributed by atoms with E-state index in [0.29, 0.717) is 17.3 Å². The summed E-state index contributed by atoms with van der Waals surface area (Å²) in [5.41, 5.74) is 6.48. The van der Waals surface area contributed by atoms with Crippen molar-refractivity contribution >= 4 is 12.2 Å². The van der Waals surface area contributed by atoms with Crippen molar-refractivity contribution in [2.45, 2.75) is 50.4 Å². The van der Waals surface area contributed by atoms with Gasteiger partial charge in [-0.1, -0.05) is 79.3 Å². The molecule has 1 fully saturated rings. The van der Waals surface area contributed by atoms with Crippen LogP contribution in [-0.2, 0) is 26.2 Å². The maximum atomic E-state index is 2.59. The summed E-state index contributed by atoms with van der Waals surface area (Å²) in [7, 11) is 0. The van der Waals surface area contributed by atoms with Crippen molar-refractivity contribution in [3.63, 3.8) is 0 Å². The molecule has 29 heavy (non-hydrogen) atoms. The number of fused-ring (bicyclic) bond motifs is 2. The van der Waals surface area contributed by atoms with Crippen molar-refractivity contribution in [1.29, 1.82) is 0 Å². The van der Waals surface area contributed by atoms with Crippen LogP contribution in [0.4, 0.5) is 0 Å². The zero-order valence-electron chi connectivity index (χ0n) is 16.7. The average Bonchev–Trinajstić information content (AvgIpc) is 3.15. The summed E-state index contributed by atoms with van der Waals surface area (Å²) in [6, 6.07) is 17.8. The molecule has 0 spiro atoms. The van der Waals surface area contributed by atoms with E-state index >= 15 is 0 Å². The second-order valence-electron chi connectivity index (χ2n) is 8.35. The molecule has 3 aliphatic rings. The molecule has 0 heterocycles. The molecule has 0 N–H and O–H groups in total. The van der Waals surface area contributed by atoms with E-state index < -0.39 is 0 Å². The number of halogens is 2. The minimum Gasteiger partial charge on any atom is -1.00 e. The van der Waals surface area contributed by atoms with Crippen LogP contribution in [-0.4, -0.2) is 0 Å². The van der Waals surface area contributed by atoms with Gasteiger partial charge in [-0.25, -0.2) is 0 Å². The average molecular weight is 502 g/mol. The third-order valence-corrected chi connectivity index (χ3v) is 6.73. The molecule has 1 radical (unpaired) electrons. The Kier molecular flexibility index (Phi) is 9.02. The molecular weight excluding hydrogens is 474 g/mol. The number of unbranched alkanes of at least 4 members (excludes halogenated alkanes) is 2. The van der Waals surface area contributed by atoms with E-state index in [0.717, 1.165) is 0 Å². The number of benzene rings is 2. The van der Waals surface area contributed by atoms with E-state index in [1.807, 2.05) is 0 Å². The van der Waals surface area contributed by atoms with E-state index in [1.165, 1.54) is 55.2 Å². The predicted octanol–water partition coefficient (Wildman–Crippen LogP) is 1.16. The van der Waals surface area contributed by atoms with E-state index in [9.17, 15) is 0 Å². The molecule has 0 amide bonds. The summed E-state index contributed by atoms with van der Waals surface area (Å²) in [5.74, 6) is 1.29. The molecule has 2 aromatic carbocycles. The summed E-state index contributed by atoms with van der Waals surface area (Å²) >= 11 is 0. The Morgan fingerprint density at radius 3 is 2.17 bits per heavy atom. The van der Waals surface area contributed by atoms with Crippen molar-refractivity contribution in [2.24, 2.45) is 5.41 Å². The Labute approximate surface area is 207 Å². The first-order valence-corrected chi connectivity index (χ1v) is 10.2. The second-order valence-corrected chi connectivity index (χ2v) is 8.35. The summed E-state index contributed by atoms with van der Waals surface area (Å²) in [6.45, 7) is 0. The van der Waals surface area contributed by atoms with Gasteiger partial charge in [-0.05, 0) is 46.9 Å². The van der Waals surface area contributed by atoms with Crippen molar-refractivity contribution in [2.75, 3.05) is 0 Å². The van der Waals surface area contributed by atoms with Crippen LogP contribution in [0.1, 0.15) is 72.6 Å². The normalized spacial score (nSPS) is 21.4. The molecule has 0 saturated heterocycles. The summed E-state index contributed by atoms with van der Waals surface area (Å²) in [5, 5.41) is 0. The van der Waals surface area contributed by atoms with Gasteiger partial charge in [0.15, 0.2) is 0 Å². The molecule has 5 rings (SSSR count). The molecule has 2 atom stereocenters. The fourth-order valence-corrected chi connectivity index (χ4v) is 5.03. The van der Waals surface area contributed by atoms with Gasteiger partial charge in [-0.15, -0.1) is 0 Å². The first kappa shape index (κ1) is 24.7. The summed E-state index contributed by atoms with van der Waals surface area (Å²) < 4.78 is 0. The van der Waals surface area contributed by atoms with Gasteiger partial charge in [0.2, 0.25) is 0 Å². The van der Waals surface area contributed by atoms with Gasteiger partial charge in [-0.2, -0.15) is 12.8 Å². The van der Waals surface area contributed by atoms with Gasteiger partial charge in [0, 0.05) is 11.8 Å². The van der Waals surface area contributed by atoms with Crippen LogP contribution >= 0.6 is 0 Å². The van der Waals surface area contributed by atoms with Crippen LogP contribution in [0, 0.1) is 11.8 Å². The van der Waals surface area contributed by atoms with Crippen molar-refractivity contribution in [1.82, 2.24) is 0 Å². The molecule has 0 aliphatic heterocycles. The number of hydrogen-bond acceptors (Lipinski definition) is 0. The van der Waals surface area contributed by atoms with Gasteiger partial charge >= 0.3 is 26.2 Å². The third kappa shape index (κ3) is 5.00. The molecule has 1 saturated carbocycles. The minimum atomic E-state index is 0. The van der Waals surface area contributed by atoms with Crippen LogP contribution in [0.2, 0.25) is 0 Å². The SMILES string of the molecule is C1=CC(CCC[CH-]CC2(C3C=Cc4ccccc43)CC2)c2ccccc21.[Cl-].[Cl-].[Zr+3]. The Balaban J connectivity index is 0.000001000. The largest absolute Gasteiger partial charge is 3.00 e. The molecule has 149 valence electrons. The molecule has 3 aliphatic carbocycles. The number of allylic oxidation sites excluding steroid dienone is 2. The molecule has 3 heteroatoms. The summed E-state index contributed by atoms with van der Waals surface area (Å²) in [6.07, 6.45) is 20.0. The van der Waals surface area contributed by atoms with Crippen molar-refractivity contribution in [3.05, 3.63) is 89.4 Å². The Morgan fingerprint density at radius 2 is 1.45 bits per heavy atom. The number of rotatable bonds is 7. The predicted molar refractivity (Wildman–Crippen MR) is 111 cm³/mol. The Hall–Kier alpha value is -0.617. The van der Waals surface area contributed by atoms with E-state index in [4.69, 9.17) is 0 Å². The van der Waals surface area contributed by atoms with Crippen molar-refractivity contribution in [3.8, 4) is 0 Å². The first-order chi connectivity index (χ1) is 12.9. The fraction of sp³-hybridized carbons (Fsp3) is 0.346. The molecular formula is C26H27Cl2Zr. The maximum absolute atomic E-state index is 2.59. The smallest absolute Gasteiger partial charge is 1.00 e. The molecule has 0 bridgehead atoms. The van der Waals surface area contributed by atoms with Crippen LogP contribution < -0.4 is 24.8 Å². The van der Waals surface area contributed by atoms with E-state index in [2.05, 4.69) is 79.3 Å². The summed E-state index contributed by atoms with van der Waals surface area (Å²) in [4.78, 5) is 0. The second kappa shape index (κ2) is 10.6. The first-order valence-electron chi connectivity index (χ1n) is 10.2. The maximum Gasteiger partial charge on any atom is 3.00 e. The van der Waals surface area contributed by atoms with Gasteiger partial charge in [0.25, 0.3) is 0 Å². The fourth-order valence-electron chi connectivity index (χ4n) is 5.03. The van der Waals surface area contributed by atoms with Gasteiger partial charge in [0.1, 0.15) is 0 Å². The number of hydrogen-bond donors (Lipinski definition) is 0. The van der Waals surface area contributed by atoms with E-state index in [-0.39, 0.29) is 51.0 Å². The van der Waals surface area contributed by atoms with Gasteiger partial charge in [-0.3, -0.25) is 0 Å². The molecule has 0 nitrogen and oxygen atoms in total. The van der Waals surface area contributed by atoms with Crippen molar-refractivity contribution < 1.29 is 51.0 Å². The van der Waals surface area contributed by atoms with Gasteiger partial charge < -0.3 is 31.2 Å². The quantitative estimate of drug-likeness (QED) is 0.395. The Morgan fingerprint density at radius 1 is 0.828 bits per heavy atom. The molecule has 0 aromatic heterocycles. The zero-order chi connectivity index (χ0) is 17.4. The Bertz CT molecular complexity index is 867. The van der Waals surface area contributed by atoms with Crippen LogP contribution in [0.25, 0.3) is 12.2 Å². The van der Waals surface area contributed by atoms with E-state index in [1.54, 1.807) is 5.56 Å². The standard InChI is InChI=1S/C26H27.2ClH.Zr/c1(2-8-20-13-14-21-9-3-5-11-23(20)21)7-17-26(18-19-26)25-16-15-22-10-4-6-12-24(22)25;;;/h3-7,9-16,20,25H,1-2,8,17-19H2;2*1H;/q-1;;;+3/p-2. The minimum absolute atomic E-state index is 0. The molecule has 2 aromatic rings. The van der Waals surface area contributed by atoms with Crippen LogP contribution in [0.15, 0.2) is 60.7 Å². The third-order valence-electron chi connectivity index (χ3n) is 6.73.